The first-order chi connectivity index (χ1) is 15.0. The molecule has 1 fully saturated rings. The van der Waals surface area contributed by atoms with E-state index in [2.05, 4.69) is 6.07 Å². The number of aromatic nitrogens is 2. The van der Waals surface area contributed by atoms with Gasteiger partial charge in [-0.25, -0.2) is 9.78 Å². The molecule has 31 heavy (non-hydrogen) atoms. The lowest BCUT2D eigenvalue weighted by Gasteiger charge is -2.19. The lowest BCUT2D eigenvalue weighted by molar-refractivity contribution is 0.457. The Morgan fingerprint density at radius 2 is 1.84 bits per heavy atom. The van der Waals surface area contributed by atoms with Crippen LogP contribution in [-0.4, -0.2) is 9.55 Å². The van der Waals surface area contributed by atoms with Crippen LogP contribution in [0.1, 0.15) is 48.4 Å². The number of fused-ring (bicyclic) bond motifs is 2. The fraction of sp³-hybridized carbons (Fsp3) is 0.320. The largest absolute Gasteiger partial charge is 0.422 e. The molecule has 0 saturated heterocycles. The predicted octanol–water partition coefficient (Wildman–Crippen LogP) is 5.53. The summed E-state index contributed by atoms with van der Waals surface area (Å²) < 4.78 is 7.40. The molecule has 0 N–H and O–H groups in total. The van der Waals surface area contributed by atoms with Crippen LogP contribution in [0.15, 0.2) is 61.6 Å². The molecule has 1 aliphatic carbocycles. The van der Waals surface area contributed by atoms with E-state index in [1.54, 1.807) is 6.07 Å². The van der Waals surface area contributed by atoms with Gasteiger partial charge in [0, 0.05) is 23.2 Å². The summed E-state index contributed by atoms with van der Waals surface area (Å²) in [5.41, 5.74) is 4.01. The topological polar surface area (TPSA) is 65.1 Å². The van der Waals surface area contributed by atoms with E-state index in [9.17, 15) is 9.59 Å². The van der Waals surface area contributed by atoms with Crippen LogP contribution in [0.2, 0.25) is 0 Å². The summed E-state index contributed by atoms with van der Waals surface area (Å²) in [5, 5.41) is 2.32. The van der Waals surface area contributed by atoms with Crippen molar-refractivity contribution in [2.75, 3.05) is 0 Å². The molecule has 4 aromatic rings. The van der Waals surface area contributed by atoms with Gasteiger partial charge in [0.1, 0.15) is 5.58 Å². The zero-order chi connectivity index (χ0) is 21.5. The second-order valence-corrected chi connectivity index (χ2v) is 9.23. The minimum atomic E-state index is -0.351. The van der Waals surface area contributed by atoms with Crippen LogP contribution in [0.4, 0.5) is 0 Å². The van der Waals surface area contributed by atoms with Crippen LogP contribution in [0.3, 0.4) is 0 Å². The fourth-order valence-electron chi connectivity index (χ4n) is 4.50. The predicted molar refractivity (Wildman–Crippen MR) is 125 cm³/mol. The average molecular weight is 433 g/mol. The quantitative estimate of drug-likeness (QED) is 0.241. The highest BCUT2D eigenvalue weighted by atomic mass is 32.2. The highest BCUT2D eigenvalue weighted by Crippen LogP contribution is 2.34. The molecule has 0 atom stereocenters. The first kappa shape index (κ1) is 20.1. The van der Waals surface area contributed by atoms with Gasteiger partial charge in [0.05, 0.1) is 10.9 Å². The number of benzene rings is 2. The average Bonchev–Trinajstić information content (AvgIpc) is 3.29. The van der Waals surface area contributed by atoms with Crippen molar-refractivity contribution in [3.05, 3.63) is 79.9 Å². The summed E-state index contributed by atoms with van der Waals surface area (Å²) in [6.45, 7) is 3.98. The van der Waals surface area contributed by atoms with Crippen molar-refractivity contribution in [1.29, 1.82) is 0 Å². The molecule has 0 unspecified atom stereocenters. The molecule has 0 amide bonds. The van der Waals surface area contributed by atoms with Gasteiger partial charge in [-0.1, -0.05) is 48.9 Å². The maximum absolute atomic E-state index is 13.3. The molecular weight excluding hydrogens is 408 g/mol. The minimum Gasteiger partial charge on any atom is -0.422 e. The zero-order valence-electron chi connectivity index (χ0n) is 17.7. The molecule has 2 heterocycles. The molecule has 0 spiro atoms. The van der Waals surface area contributed by atoms with E-state index in [1.807, 2.05) is 48.7 Å². The van der Waals surface area contributed by atoms with E-state index >= 15 is 0 Å². The second-order valence-electron chi connectivity index (χ2n) is 8.29. The van der Waals surface area contributed by atoms with E-state index in [0.29, 0.717) is 22.2 Å². The van der Waals surface area contributed by atoms with Crippen molar-refractivity contribution < 1.29 is 4.42 Å². The van der Waals surface area contributed by atoms with Gasteiger partial charge in [-0.05, 0) is 55.5 Å². The Morgan fingerprint density at radius 3 is 2.65 bits per heavy atom. The second kappa shape index (κ2) is 8.00. The summed E-state index contributed by atoms with van der Waals surface area (Å²) in [5.74, 6) is 0.544. The van der Waals surface area contributed by atoms with Crippen molar-refractivity contribution in [1.82, 2.24) is 9.55 Å². The number of hydrogen-bond acceptors (Lipinski definition) is 5. The van der Waals surface area contributed by atoms with Crippen LogP contribution < -0.4 is 11.2 Å². The summed E-state index contributed by atoms with van der Waals surface area (Å²) in [7, 11) is 0. The maximum atomic E-state index is 13.3. The van der Waals surface area contributed by atoms with E-state index in [0.717, 1.165) is 52.9 Å². The SMILES string of the molecule is Cc1ccc2c(CSc3nc4ccccc4c(=O)n3C3CCCC3)cc(=O)oc2c1C. The number of hydrogen-bond donors (Lipinski definition) is 0. The third-order valence-electron chi connectivity index (χ3n) is 6.34. The van der Waals surface area contributed by atoms with Crippen molar-refractivity contribution >= 4 is 33.6 Å². The molecule has 1 saturated carbocycles. The lowest BCUT2D eigenvalue weighted by atomic mass is 10.0. The Hall–Kier alpha value is -2.86. The van der Waals surface area contributed by atoms with Crippen molar-refractivity contribution in [3.63, 3.8) is 0 Å². The lowest BCUT2D eigenvalue weighted by Crippen LogP contribution is -2.26. The van der Waals surface area contributed by atoms with Crippen LogP contribution in [0, 0.1) is 13.8 Å². The maximum Gasteiger partial charge on any atom is 0.336 e. The third-order valence-corrected chi connectivity index (χ3v) is 7.34. The summed E-state index contributed by atoms with van der Waals surface area (Å²) in [6.07, 6.45) is 4.28. The van der Waals surface area contributed by atoms with Crippen LogP contribution >= 0.6 is 11.8 Å². The van der Waals surface area contributed by atoms with Crippen LogP contribution in [0.5, 0.6) is 0 Å². The van der Waals surface area contributed by atoms with Gasteiger partial charge >= 0.3 is 5.63 Å². The first-order valence-electron chi connectivity index (χ1n) is 10.7. The fourth-order valence-corrected chi connectivity index (χ4v) is 5.56. The number of aryl methyl sites for hydroxylation is 2. The van der Waals surface area contributed by atoms with Gasteiger partial charge in [-0.3, -0.25) is 9.36 Å². The van der Waals surface area contributed by atoms with Crippen LogP contribution in [0.25, 0.3) is 21.9 Å². The number of nitrogens with zero attached hydrogens (tertiary/aromatic N) is 2. The molecule has 1 aliphatic rings. The number of rotatable bonds is 4. The van der Waals surface area contributed by atoms with Gasteiger partial charge < -0.3 is 4.42 Å². The molecule has 0 bridgehead atoms. The Morgan fingerprint density at radius 1 is 1.06 bits per heavy atom. The standard InChI is InChI=1S/C25H24N2O3S/c1-15-11-12-19-17(13-22(28)30-23(19)16(15)2)14-31-25-26-21-10-6-5-9-20(21)24(29)27(25)18-7-3-4-8-18/h5-6,9-13,18H,3-4,7-8,14H2,1-2H3. The molecule has 5 rings (SSSR count). The van der Waals surface area contributed by atoms with E-state index < -0.39 is 0 Å². The monoisotopic (exact) mass is 432 g/mol. The Bertz CT molecular complexity index is 1410. The number of thioether (sulfide) groups is 1. The normalized spacial score (nSPS) is 14.6. The Labute approximate surface area is 184 Å². The third kappa shape index (κ3) is 3.59. The van der Waals surface area contributed by atoms with Gasteiger partial charge in [0.25, 0.3) is 5.56 Å². The summed E-state index contributed by atoms with van der Waals surface area (Å²) >= 11 is 1.52. The molecule has 5 nitrogen and oxygen atoms in total. The molecule has 0 radical (unpaired) electrons. The van der Waals surface area contributed by atoms with Gasteiger partial charge in [0.2, 0.25) is 0 Å². The van der Waals surface area contributed by atoms with E-state index in [1.165, 1.54) is 11.8 Å². The summed E-state index contributed by atoms with van der Waals surface area (Å²) in [4.78, 5) is 30.4. The van der Waals surface area contributed by atoms with Gasteiger partial charge in [-0.15, -0.1) is 0 Å². The zero-order valence-corrected chi connectivity index (χ0v) is 18.5. The Kier molecular flexibility index (Phi) is 5.18. The van der Waals surface area contributed by atoms with Crippen LogP contribution in [-0.2, 0) is 5.75 Å². The molecule has 158 valence electrons. The van der Waals surface area contributed by atoms with Crippen molar-refractivity contribution in [2.24, 2.45) is 0 Å². The van der Waals surface area contributed by atoms with Crippen molar-refractivity contribution in [3.8, 4) is 0 Å². The summed E-state index contributed by atoms with van der Waals surface area (Å²) in [6, 6.07) is 13.3. The van der Waals surface area contributed by atoms with E-state index in [4.69, 9.17) is 9.40 Å². The van der Waals surface area contributed by atoms with Gasteiger partial charge in [0.15, 0.2) is 5.16 Å². The smallest absolute Gasteiger partial charge is 0.336 e. The highest BCUT2D eigenvalue weighted by Gasteiger charge is 2.23. The molecule has 6 heteroatoms. The number of para-hydroxylation sites is 1. The first-order valence-corrected chi connectivity index (χ1v) is 11.7. The minimum absolute atomic E-state index is 0.0314. The van der Waals surface area contributed by atoms with Crippen molar-refractivity contribution in [2.45, 2.75) is 56.5 Å². The molecule has 0 aliphatic heterocycles. The Balaban J connectivity index is 1.60. The molecule has 2 aromatic carbocycles. The van der Waals surface area contributed by atoms with Gasteiger partial charge in [-0.2, -0.15) is 0 Å². The molecular formula is C25H24N2O3S. The van der Waals surface area contributed by atoms with E-state index in [-0.39, 0.29) is 17.2 Å². The molecule has 2 aromatic heterocycles. The highest BCUT2D eigenvalue weighted by molar-refractivity contribution is 7.98.